The Bertz CT molecular complexity index is 1810. The zero-order valence-corrected chi connectivity index (χ0v) is 20.2. The fourth-order valence-electron chi connectivity index (χ4n) is 5.20. The number of nitrogens with zero attached hydrogens (tertiary/aromatic N) is 1. The summed E-state index contributed by atoms with van der Waals surface area (Å²) in [6.07, 6.45) is 0. The molecule has 0 saturated carbocycles. The molecule has 2 heterocycles. The molecule has 7 aromatic rings. The van der Waals surface area contributed by atoms with E-state index in [4.69, 9.17) is 4.98 Å². The fraction of sp³-hybridized carbons (Fsp3) is 0. The zero-order valence-electron chi connectivity index (χ0n) is 20.2. The van der Waals surface area contributed by atoms with Crippen LogP contribution in [0.5, 0.6) is 0 Å². The van der Waals surface area contributed by atoms with Gasteiger partial charge in [-0.3, -0.25) is 0 Å². The highest BCUT2D eigenvalue weighted by molar-refractivity contribution is 6.11. The monoisotopic (exact) mass is 472 g/mol. The Morgan fingerprint density at radius 1 is 0.405 bits per heavy atom. The number of benzene rings is 5. The number of hydrogen-bond donors (Lipinski definition) is 1. The molecule has 0 fully saturated rings. The van der Waals surface area contributed by atoms with Crippen molar-refractivity contribution in [2.45, 2.75) is 0 Å². The van der Waals surface area contributed by atoms with Gasteiger partial charge in [0.05, 0.1) is 16.9 Å². The van der Waals surface area contributed by atoms with Crippen LogP contribution in [-0.4, -0.2) is 9.97 Å². The fourth-order valence-corrected chi connectivity index (χ4v) is 5.20. The minimum Gasteiger partial charge on any atom is -0.354 e. The standard InChI is InChI=1S/C35H24N2/c1-3-11-24(12-4-1)26-21-27(25-13-5-2-6-14-25)23-28(22-26)32-19-10-20-34(36-32)31-17-9-16-30-29-15-7-8-18-33(29)37-35(30)31/h1-23,37H. The Kier molecular flexibility index (Phi) is 5.15. The van der Waals surface area contributed by atoms with Crippen molar-refractivity contribution in [3.63, 3.8) is 0 Å². The summed E-state index contributed by atoms with van der Waals surface area (Å²) < 4.78 is 0. The van der Waals surface area contributed by atoms with E-state index in [9.17, 15) is 0 Å². The summed E-state index contributed by atoms with van der Waals surface area (Å²) in [4.78, 5) is 8.81. The lowest BCUT2D eigenvalue weighted by Gasteiger charge is -2.12. The van der Waals surface area contributed by atoms with Crippen molar-refractivity contribution in [3.8, 4) is 44.8 Å². The van der Waals surface area contributed by atoms with Gasteiger partial charge in [0.1, 0.15) is 0 Å². The minimum absolute atomic E-state index is 0.959. The average molecular weight is 473 g/mol. The first kappa shape index (κ1) is 21.3. The van der Waals surface area contributed by atoms with Gasteiger partial charge in [-0.25, -0.2) is 4.98 Å². The molecule has 7 rings (SSSR count). The molecule has 0 aliphatic rings. The van der Waals surface area contributed by atoms with E-state index in [1.165, 1.54) is 33.0 Å². The zero-order chi connectivity index (χ0) is 24.6. The molecule has 1 N–H and O–H groups in total. The topological polar surface area (TPSA) is 28.7 Å². The molecule has 0 radical (unpaired) electrons. The maximum Gasteiger partial charge on any atom is 0.0730 e. The molecule has 0 bridgehead atoms. The maximum atomic E-state index is 5.18. The number of nitrogens with one attached hydrogen (secondary N) is 1. The molecule has 0 saturated heterocycles. The Hall–Kier alpha value is -4.95. The summed E-state index contributed by atoms with van der Waals surface area (Å²) in [6, 6.07) is 49.1. The van der Waals surface area contributed by atoms with Gasteiger partial charge in [0.25, 0.3) is 0 Å². The first-order chi connectivity index (χ1) is 18.3. The minimum atomic E-state index is 0.959. The van der Waals surface area contributed by atoms with Crippen molar-refractivity contribution in [1.82, 2.24) is 9.97 Å². The van der Waals surface area contributed by atoms with E-state index in [0.29, 0.717) is 0 Å². The van der Waals surface area contributed by atoms with E-state index < -0.39 is 0 Å². The lowest BCUT2D eigenvalue weighted by Crippen LogP contribution is -1.91. The number of pyridine rings is 1. The molecule has 37 heavy (non-hydrogen) atoms. The number of hydrogen-bond acceptors (Lipinski definition) is 1. The van der Waals surface area contributed by atoms with Gasteiger partial charge in [-0.1, -0.05) is 103 Å². The molecule has 0 aliphatic heterocycles. The van der Waals surface area contributed by atoms with Crippen LogP contribution in [-0.2, 0) is 0 Å². The predicted octanol–water partition coefficient (Wildman–Crippen LogP) is 9.38. The molecule has 174 valence electrons. The Morgan fingerprint density at radius 2 is 0.973 bits per heavy atom. The molecule has 0 amide bonds. The number of fused-ring (bicyclic) bond motifs is 3. The molecule has 0 spiro atoms. The Morgan fingerprint density at radius 3 is 1.70 bits per heavy atom. The summed E-state index contributed by atoms with van der Waals surface area (Å²) in [5, 5.41) is 2.45. The summed E-state index contributed by atoms with van der Waals surface area (Å²) in [5.41, 5.74) is 11.1. The van der Waals surface area contributed by atoms with Crippen LogP contribution >= 0.6 is 0 Å². The van der Waals surface area contributed by atoms with Crippen molar-refractivity contribution in [2.75, 3.05) is 0 Å². The van der Waals surface area contributed by atoms with Gasteiger partial charge in [0, 0.05) is 27.4 Å². The van der Waals surface area contributed by atoms with Crippen molar-refractivity contribution >= 4 is 21.8 Å². The lowest BCUT2D eigenvalue weighted by atomic mass is 9.94. The van der Waals surface area contributed by atoms with Gasteiger partial charge < -0.3 is 4.98 Å². The Balaban J connectivity index is 1.40. The second-order valence-electron chi connectivity index (χ2n) is 9.34. The molecular weight excluding hydrogens is 448 g/mol. The van der Waals surface area contributed by atoms with Crippen molar-refractivity contribution in [1.29, 1.82) is 0 Å². The first-order valence-electron chi connectivity index (χ1n) is 12.6. The summed E-state index contributed by atoms with van der Waals surface area (Å²) in [6.45, 7) is 0. The molecule has 0 aliphatic carbocycles. The summed E-state index contributed by atoms with van der Waals surface area (Å²) in [7, 11) is 0. The van der Waals surface area contributed by atoms with Gasteiger partial charge >= 0.3 is 0 Å². The van der Waals surface area contributed by atoms with E-state index in [0.717, 1.165) is 33.5 Å². The van der Waals surface area contributed by atoms with Crippen molar-refractivity contribution < 1.29 is 0 Å². The summed E-state index contributed by atoms with van der Waals surface area (Å²) >= 11 is 0. The molecule has 0 unspecified atom stereocenters. The second-order valence-corrected chi connectivity index (χ2v) is 9.34. The second kappa shape index (κ2) is 8.92. The van der Waals surface area contributed by atoms with E-state index >= 15 is 0 Å². The highest BCUT2D eigenvalue weighted by Crippen LogP contribution is 2.35. The highest BCUT2D eigenvalue weighted by Gasteiger charge is 2.13. The van der Waals surface area contributed by atoms with Crippen molar-refractivity contribution in [3.05, 3.63) is 140 Å². The smallest absolute Gasteiger partial charge is 0.0730 e. The van der Waals surface area contributed by atoms with Crippen LogP contribution < -0.4 is 0 Å². The normalized spacial score (nSPS) is 11.2. The lowest BCUT2D eigenvalue weighted by molar-refractivity contribution is 1.32. The molecule has 5 aromatic carbocycles. The quantitative estimate of drug-likeness (QED) is 0.271. The Labute approximate surface area is 215 Å². The number of rotatable bonds is 4. The van der Waals surface area contributed by atoms with Gasteiger partial charge in [0.2, 0.25) is 0 Å². The summed E-state index contributed by atoms with van der Waals surface area (Å²) in [5.74, 6) is 0. The largest absolute Gasteiger partial charge is 0.354 e. The van der Waals surface area contributed by atoms with Crippen molar-refractivity contribution in [2.24, 2.45) is 0 Å². The van der Waals surface area contributed by atoms with Gasteiger partial charge in [-0.05, 0) is 58.7 Å². The SMILES string of the molecule is c1ccc(-c2cc(-c3ccccc3)cc(-c3cccc(-c4cccc5c4[nH]c4ccccc45)n3)c2)cc1. The number of H-pyrrole nitrogens is 1. The van der Waals surface area contributed by atoms with Gasteiger partial charge in [-0.2, -0.15) is 0 Å². The third kappa shape index (κ3) is 3.89. The maximum absolute atomic E-state index is 5.18. The third-order valence-electron chi connectivity index (χ3n) is 7.01. The van der Waals surface area contributed by atoms with E-state index in [-0.39, 0.29) is 0 Å². The van der Waals surface area contributed by atoms with Crippen LogP contribution in [0.3, 0.4) is 0 Å². The number of para-hydroxylation sites is 2. The van der Waals surface area contributed by atoms with E-state index in [1.807, 2.05) is 0 Å². The van der Waals surface area contributed by atoms with Crippen LogP contribution in [0.4, 0.5) is 0 Å². The molecular formula is C35H24N2. The predicted molar refractivity (Wildman–Crippen MR) is 155 cm³/mol. The van der Waals surface area contributed by atoms with E-state index in [2.05, 4.69) is 145 Å². The third-order valence-corrected chi connectivity index (χ3v) is 7.01. The molecule has 0 atom stereocenters. The number of aromatic nitrogens is 2. The number of aromatic amines is 1. The van der Waals surface area contributed by atoms with Gasteiger partial charge in [-0.15, -0.1) is 0 Å². The van der Waals surface area contributed by atoms with E-state index in [1.54, 1.807) is 0 Å². The van der Waals surface area contributed by atoms with Crippen LogP contribution in [0, 0.1) is 0 Å². The molecule has 2 heteroatoms. The highest BCUT2D eigenvalue weighted by atomic mass is 14.7. The van der Waals surface area contributed by atoms with Crippen LogP contribution in [0.2, 0.25) is 0 Å². The van der Waals surface area contributed by atoms with Crippen LogP contribution in [0.1, 0.15) is 0 Å². The van der Waals surface area contributed by atoms with Gasteiger partial charge in [0.15, 0.2) is 0 Å². The first-order valence-corrected chi connectivity index (χ1v) is 12.6. The molecule has 2 nitrogen and oxygen atoms in total. The van der Waals surface area contributed by atoms with Crippen LogP contribution in [0.25, 0.3) is 66.6 Å². The average Bonchev–Trinajstić information content (AvgIpc) is 3.37. The van der Waals surface area contributed by atoms with Crippen LogP contribution in [0.15, 0.2) is 140 Å². The molecule has 2 aromatic heterocycles.